The fourth-order valence-corrected chi connectivity index (χ4v) is 2.97. The second-order valence-electron chi connectivity index (χ2n) is 6.62. The van der Waals surface area contributed by atoms with Gasteiger partial charge in [-0.2, -0.15) is 0 Å². The van der Waals surface area contributed by atoms with Crippen molar-refractivity contribution in [2.45, 2.75) is 44.3 Å². The van der Waals surface area contributed by atoms with E-state index in [2.05, 4.69) is 15.5 Å². The summed E-state index contributed by atoms with van der Waals surface area (Å²) in [5.74, 6) is 1.60. The van der Waals surface area contributed by atoms with Crippen molar-refractivity contribution in [3.8, 4) is 0 Å². The Morgan fingerprint density at radius 3 is 2.60 bits per heavy atom. The summed E-state index contributed by atoms with van der Waals surface area (Å²) in [6, 6.07) is 6.93. The quantitative estimate of drug-likeness (QED) is 0.568. The first-order valence-corrected chi connectivity index (χ1v) is 9.39. The van der Waals surface area contributed by atoms with Crippen molar-refractivity contribution in [1.29, 1.82) is 0 Å². The third-order valence-corrected chi connectivity index (χ3v) is 4.58. The predicted octanol–water partition coefficient (Wildman–Crippen LogP) is 3.91. The maximum Gasteiger partial charge on any atom is 0.277 e. The summed E-state index contributed by atoms with van der Waals surface area (Å²) >= 11 is 1.25. The van der Waals surface area contributed by atoms with Crippen LogP contribution in [0.5, 0.6) is 0 Å². The van der Waals surface area contributed by atoms with Crippen molar-refractivity contribution in [2.75, 3.05) is 11.1 Å². The van der Waals surface area contributed by atoms with Gasteiger partial charge in [0.25, 0.3) is 5.22 Å². The molecule has 1 saturated carbocycles. The van der Waals surface area contributed by atoms with Gasteiger partial charge in [0.1, 0.15) is 0 Å². The van der Waals surface area contributed by atoms with Gasteiger partial charge in [-0.15, -0.1) is 10.2 Å². The Morgan fingerprint density at radius 1 is 1.24 bits per heavy atom. The van der Waals surface area contributed by atoms with Crippen LogP contribution in [0.15, 0.2) is 33.9 Å². The molecule has 1 aromatic heterocycles. The normalized spacial score (nSPS) is 13.9. The van der Waals surface area contributed by atoms with Crippen LogP contribution in [0.25, 0.3) is 0 Å². The van der Waals surface area contributed by atoms with Gasteiger partial charge in [0.2, 0.25) is 11.8 Å². The fourth-order valence-electron chi connectivity index (χ4n) is 2.31. The lowest BCUT2D eigenvalue weighted by molar-refractivity contribution is -0.116. The number of thioether (sulfide) groups is 1. The van der Waals surface area contributed by atoms with Gasteiger partial charge in [0, 0.05) is 23.6 Å². The smallest absolute Gasteiger partial charge is 0.277 e. The van der Waals surface area contributed by atoms with Crippen LogP contribution >= 0.6 is 11.8 Å². The summed E-state index contributed by atoms with van der Waals surface area (Å²) in [6.45, 7) is 3.99. The van der Waals surface area contributed by atoms with E-state index >= 15 is 0 Å². The highest BCUT2D eigenvalue weighted by molar-refractivity contribution is 7.99. The van der Waals surface area contributed by atoms with Gasteiger partial charge in [0.05, 0.1) is 5.75 Å². The lowest BCUT2D eigenvalue weighted by atomic mass is 10.1. The number of ketones is 1. The predicted molar refractivity (Wildman–Crippen MR) is 95.9 cm³/mol. The first-order valence-electron chi connectivity index (χ1n) is 8.40. The van der Waals surface area contributed by atoms with Crippen LogP contribution in [0.3, 0.4) is 0 Å². The topological polar surface area (TPSA) is 85.1 Å². The van der Waals surface area contributed by atoms with Gasteiger partial charge >= 0.3 is 0 Å². The van der Waals surface area contributed by atoms with E-state index in [-0.39, 0.29) is 17.4 Å². The zero-order valence-corrected chi connectivity index (χ0v) is 15.1. The number of anilines is 1. The molecule has 0 spiro atoms. The number of carbonyl (C=O) groups excluding carboxylic acids is 2. The number of hydrogen-bond acceptors (Lipinski definition) is 6. The van der Waals surface area contributed by atoms with Gasteiger partial charge in [-0.3, -0.25) is 9.59 Å². The molecule has 2 aromatic rings. The van der Waals surface area contributed by atoms with E-state index in [1.54, 1.807) is 24.3 Å². The summed E-state index contributed by atoms with van der Waals surface area (Å²) in [4.78, 5) is 24.0. The van der Waals surface area contributed by atoms with Crippen LogP contribution in [0.1, 0.15) is 55.3 Å². The standard InChI is InChI=1S/C18H21N3O3S/c1-11(2)9-16(23)19-14-7-5-12(6-8-14)15(22)10-25-18-21-20-17(24-18)13-3-4-13/h5-8,11,13H,3-4,9-10H2,1-2H3,(H,19,23). The third kappa shape index (κ3) is 5.16. The Morgan fingerprint density at radius 2 is 1.96 bits per heavy atom. The number of Topliss-reactive ketones (excluding diaryl/α,β-unsaturated/α-hetero) is 1. The fraction of sp³-hybridized carbons (Fsp3) is 0.444. The van der Waals surface area contributed by atoms with Crippen LogP contribution < -0.4 is 5.32 Å². The molecule has 0 saturated heterocycles. The van der Waals surface area contributed by atoms with Crippen LogP contribution in [0.2, 0.25) is 0 Å². The molecule has 0 radical (unpaired) electrons. The van der Waals surface area contributed by atoms with Crippen LogP contribution in [0, 0.1) is 5.92 Å². The molecule has 1 heterocycles. The van der Waals surface area contributed by atoms with Gasteiger partial charge in [0.15, 0.2) is 5.78 Å². The first-order chi connectivity index (χ1) is 12.0. The summed E-state index contributed by atoms with van der Waals surface area (Å²) < 4.78 is 5.53. The number of hydrogen-bond donors (Lipinski definition) is 1. The van der Waals surface area contributed by atoms with Crippen molar-refractivity contribution in [1.82, 2.24) is 10.2 Å². The number of nitrogens with one attached hydrogen (secondary N) is 1. The highest BCUT2D eigenvalue weighted by Crippen LogP contribution is 2.39. The van der Waals surface area contributed by atoms with Crippen molar-refractivity contribution >= 4 is 29.1 Å². The summed E-state index contributed by atoms with van der Waals surface area (Å²) in [7, 11) is 0. The summed E-state index contributed by atoms with van der Waals surface area (Å²) in [6.07, 6.45) is 2.68. The van der Waals surface area contributed by atoms with E-state index < -0.39 is 0 Å². The molecule has 1 aliphatic carbocycles. The summed E-state index contributed by atoms with van der Waals surface area (Å²) in [5.41, 5.74) is 1.29. The van der Waals surface area contributed by atoms with E-state index in [1.807, 2.05) is 13.8 Å². The highest BCUT2D eigenvalue weighted by Gasteiger charge is 2.29. The molecule has 0 atom stereocenters. The van der Waals surface area contributed by atoms with Crippen LogP contribution in [-0.4, -0.2) is 27.6 Å². The first kappa shape index (κ1) is 17.7. The monoisotopic (exact) mass is 359 g/mol. The zero-order chi connectivity index (χ0) is 17.8. The molecular weight excluding hydrogens is 338 g/mol. The second kappa shape index (κ2) is 7.82. The van der Waals surface area contributed by atoms with E-state index in [4.69, 9.17) is 4.42 Å². The average molecular weight is 359 g/mol. The van der Waals surface area contributed by atoms with Crippen LogP contribution in [-0.2, 0) is 4.79 Å². The lowest BCUT2D eigenvalue weighted by Gasteiger charge is -2.07. The number of benzene rings is 1. The second-order valence-corrected chi connectivity index (χ2v) is 7.54. The van der Waals surface area contributed by atoms with E-state index in [0.29, 0.717) is 40.6 Å². The Balaban J connectivity index is 1.50. The maximum absolute atomic E-state index is 12.3. The number of nitrogens with zero attached hydrogens (tertiary/aromatic N) is 2. The Hall–Kier alpha value is -2.15. The molecule has 1 aromatic carbocycles. The van der Waals surface area contributed by atoms with Crippen molar-refractivity contribution in [2.24, 2.45) is 5.92 Å². The Labute approximate surface area is 150 Å². The minimum Gasteiger partial charge on any atom is -0.416 e. The number of aromatic nitrogens is 2. The van der Waals surface area contributed by atoms with Crippen LogP contribution in [0.4, 0.5) is 5.69 Å². The van der Waals surface area contributed by atoms with E-state index in [1.165, 1.54) is 11.8 Å². The maximum atomic E-state index is 12.3. The van der Waals surface area contributed by atoms with Crippen molar-refractivity contribution in [3.63, 3.8) is 0 Å². The molecule has 1 N–H and O–H groups in total. The molecule has 0 aliphatic heterocycles. The van der Waals surface area contributed by atoms with Gasteiger partial charge in [-0.1, -0.05) is 25.6 Å². The summed E-state index contributed by atoms with van der Waals surface area (Å²) in [5, 5.41) is 11.2. The molecule has 7 heteroatoms. The Bertz CT molecular complexity index is 751. The minimum absolute atomic E-state index is 0.0174. The van der Waals surface area contributed by atoms with Crippen molar-refractivity contribution in [3.05, 3.63) is 35.7 Å². The molecule has 1 fully saturated rings. The largest absolute Gasteiger partial charge is 0.416 e. The number of carbonyl (C=O) groups is 2. The SMILES string of the molecule is CC(C)CC(=O)Nc1ccc(C(=O)CSc2nnc(C3CC3)o2)cc1. The lowest BCUT2D eigenvalue weighted by Crippen LogP contribution is -2.14. The number of rotatable bonds is 8. The van der Waals surface area contributed by atoms with E-state index in [9.17, 15) is 9.59 Å². The van der Waals surface area contributed by atoms with Gasteiger partial charge in [-0.05, 0) is 43.0 Å². The minimum atomic E-state index is -0.0208. The Kier molecular flexibility index (Phi) is 5.53. The zero-order valence-electron chi connectivity index (χ0n) is 14.3. The van der Waals surface area contributed by atoms with E-state index in [0.717, 1.165) is 12.8 Å². The van der Waals surface area contributed by atoms with Crippen molar-refractivity contribution < 1.29 is 14.0 Å². The molecule has 132 valence electrons. The van der Waals surface area contributed by atoms with Gasteiger partial charge in [-0.25, -0.2) is 0 Å². The average Bonchev–Trinajstić information content (AvgIpc) is 3.31. The molecule has 0 unspecified atom stereocenters. The number of amides is 1. The molecule has 1 aliphatic rings. The molecule has 1 amide bonds. The molecule has 0 bridgehead atoms. The third-order valence-electron chi connectivity index (χ3n) is 3.76. The highest BCUT2D eigenvalue weighted by atomic mass is 32.2. The molecule has 6 nitrogen and oxygen atoms in total. The van der Waals surface area contributed by atoms with Gasteiger partial charge < -0.3 is 9.73 Å². The molecule has 3 rings (SSSR count). The molecular formula is C18H21N3O3S. The molecule has 25 heavy (non-hydrogen) atoms.